The standard InChI is InChI=1S/C24H24ClN3O4S/c1-3-17-6-4-5-7-22(17)26-23(29)16-28(2)24(30)18-8-14-21(15-9-18)33(31,32)27-20-12-10-19(25)11-13-20/h4-15,27H,3,16H2,1-2H3,(H,26,29). The quantitative estimate of drug-likeness (QED) is 0.494. The van der Waals surface area contributed by atoms with Crippen LogP contribution in [0.1, 0.15) is 22.8 Å². The van der Waals surface area contributed by atoms with Crippen molar-refractivity contribution >= 4 is 44.8 Å². The van der Waals surface area contributed by atoms with Crippen molar-refractivity contribution in [3.63, 3.8) is 0 Å². The first-order valence-corrected chi connectivity index (χ1v) is 12.1. The summed E-state index contributed by atoms with van der Waals surface area (Å²) in [6.07, 6.45) is 0.771. The molecule has 7 nitrogen and oxygen atoms in total. The molecule has 0 aromatic heterocycles. The average molecular weight is 486 g/mol. The molecular weight excluding hydrogens is 462 g/mol. The molecule has 2 amide bonds. The third kappa shape index (κ3) is 6.34. The van der Waals surface area contributed by atoms with Gasteiger partial charge in [-0.05, 0) is 66.6 Å². The molecule has 33 heavy (non-hydrogen) atoms. The van der Waals surface area contributed by atoms with Crippen LogP contribution in [0.5, 0.6) is 0 Å². The zero-order valence-electron chi connectivity index (χ0n) is 18.2. The van der Waals surface area contributed by atoms with Gasteiger partial charge in [-0.15, -0.1) is 0 Å². The van der Waals surface area contributed by atoms with Crippen LogP contribution >= 0.6 is 11.6 Å². The van der Waals surface area contributed by atoms with Gasteiger partial charge in [-0.2, -0.15) is 0 Å². The van der Waals surface area contributed by atoms with E-state index in [1.807, 2.05) is 31.2 Å². The molecule has 172 valence electrons. The molecule has 0 saturated heterocycles. The summed E-state index contributed by atoms with van der Waals surface area (Å²) in [6, 6.07) is 19.3. The second-order valence-electron chi connectivity index (χ2n) is 7.36. The summed E-state index contributed by atoms with van der Waals surface area (Å²) in [5.41, 5.74) is 2.36. The van der Waals surface area contributed by atoms with Gasteiger partial charge in [0.05, 0.1) is 11.4 Å². The van der Waals surface area contributed by atoms with E-state index in [2.05, 4.69) is 10.0 Å². The Morgan fingerprint density at radius 1 is 0.939 bits per heavy atom. The molecule has 2 N–H and O–H groups in total. The van der Waals surface area contributed by atoms with Gasteiger partial charge in [-0.25, -0.2) is 8.42 Å². The monoisotopic (exact) mass is 485 g/mol. The topological polar surface area (TPSA) is 95.6 Å². The van der Waals surface area contributed by atoms with E-state index in [-0.39, 0.29) is 22.9 Å². The van der Waals surface area contributed by atoms with Crippen LogP contribution in [-0.2, 0) is 21.2 Å². The van der Waals surface area contributed by atoms with E-state index in [1.54, 1.807) is 24.3 Å². The number of nitrogens with one attached hydrogen (secondary N) is 2. The fourth-order valence-corrected chi connectivity index (χ4v) is 4.34. The molecular formula is C24H24ClN3O4S. The zero-order chi connectivity index (χ0) is 24.0. The van der Waals surface area contributed by atoms with Crippen LogP contribution in [0.3, 0.4) is 0 Å². The molecule has 0 atom stereocenters. The molecule has 0 radical (unpaired) electrons. The van der Waals surface area contributed by atoms with Crippen LogP contribution in [-0.4, -0.2) is 38.7 Å². The van der Waals surface area contributed by atoms with Gasteiger partial charge >= 0.3 is 0 Å². The normalized spacial score (nSPS) is 11.0. The highest BCUT2D eigenvalue weighted by Gasteiger charge is 2.18. The van der Waals surface area contributed by atoms with Crippen molar-refractivity contribution in [2.24, 2.45) is 0 Å². The van der Waals surface area contributed by atoms with Crippen molar-refractivity contribution in [2.45, 2.75) is 18.2 Å². The number of carbonyl (C=O) groups is 2. The Kier molecular flexibility index (Phi) is 7.73. The molecule has 3 rings (SSSR count). The SMILES string of the molecule is CCc1ccccc1NC(=O)CN(C)C(=O)c1ccc(S(=O)(=O)Nc2ccc(Cl)cc2)cc1. The molecule has 9 heteroatoms. The molecule has 0 fully saturated rings. The molecule has 0 heterocycles. The summed E-state index contributed by atoms with van der Waals surface area (Å²) >= 11 is 5.82. The Morgan fingerprint density at radius 3 is 2.21 bits per heavy atom. The van der Waals surface area contributed by atoms with Gasteiger partial charge in [-0.1, -0.05) is 36.7 Å². The number of benzene rings is 3. The van der Waals surface area contributed by atoms with Gasteiger partial charge in [0.15, 0.2) is 0 Å². The second kappa shape index (κ2) is 10.5. The summed E-state index contributed by atoms with van der Waals surface area (Å²) in [4.78, 5) is 26.4. The predicted molar refractivity (Wildman–Crippen MR) is 130 cm³/mol. The first kappa shape index (κ1) is 24.3. The number of rotatable bonds is 8. The third-order valence-corrected chi connectivity index (χ3v) is 6.56. The number of nitrogens with zero attached hydrogens (tertiary/aromatic N) is 1. The summed E-state index contributed by atoms with van der Waals surface area (Å²) in [5, 5.41) is 3.32. The lowest BCUT2D eigenvalue weighted by atomic mass is 10.1. The van der Waals surface area contributed by atoms with Crippen LogP contribution in [0.15, 0.2) is 77.7 Å². The Hall–Kier alpha value is -3.36. The van der Waals surface area contributed by atoms with Gasteiger partial charge in [-0.3, -0.25) is 14.3 Å². The number of para-hydroxylation sites is 1. The number of anilines is 2. The molecule has 0 spiro atoms. The number of amides is 2. The van der Waals surface area contributed by atoms with Gasteiger partial charge < -0.3 is 10.2 Å². The lowest BCUT2D eigenvalue weighted by molar-refractivity contribution is -0.116. The number of aryl methyl sites for hydroxylation is 1. The van der Waals surface area contributed by atoms with Crippen LogP contribution in [0.25, 0.3) is 0 Å². The molecule has 0 unspecified atom stereocenters. The molecule has 3 aromatic carbocycles. The second-order valence-corrected chi connectivity index (χ2v) is 9.48. The number of likely N-dealkylation sites (N-methyl/N-ethyl adjacent to an activating group) is 1. The molecule has 0 aliphatic heterocycles. The van der Waals surface area contributed by atoms with E-state index in [1.165, 1.54) is 36.2 Å². The number of halogens is 1. The van der Waals surface area contributed by atoms with Crippen molar-refractivity contribution in [3.05, 3.63) is 88.9 Å². The summed E-state index contributed by atoms with van der Waals surface area (Å²) in [6.45, 7) is 1.85. The molecule has 0 bridgehead atoms. The zero-order valence-corrected chi connectivity index (χ0v) is 19.8. The third-order valence-electron chi connectivity index (χ3n) is 4.91. The Morgan fingerprint density at radius 2 is 1.58 bits per heavy atom. The lowest BCUT2D eigenvalue weighted by Crippen LogP contribution is -2.35. The number of sulfonamides is 1. The fraction of sp³-hybridized carbons (Fsp3) is 0.167. The first-order chi connectivity index (χ1) is 15.7. The Balaban J connectivity index is 1.64. The van der Waals surface area contributed by atoms with Crippen LogP contribution in [0.4, 0.5) is 11.4 Å². The highest BCUT2D eigenvalue weighted by molar-refractivity contribution is 7.92. The van der Waals surface area contributed by atoms with Gasteiger partial charge in [0.25, 0.3) is 15.9 Å². The highest BCUT2D eigenvalue weighted by Crippen LogP contribution is 2.19. The minimum atomic E-state index is -3.83. The fourth-order valence-electron chi connectivity index (χ4n) is 3.16. The number of hydrogen-bond acceptors (Lipinski definition) is 4. The van der Waals surface area contributed by atoms with E-state index >= 15 is 0 Å². The molecule has 0 aliphatic carbocycles. The van der Waals surface area contributed by atoms with E-state index in [4.69, 9.17) is 11.6 Å². The smallest absolute Gasteiger partial charge is 0.261 e. The lowest BCUT2D eigenvalue weighted by Gasteiger charge is -2.18. The highest BCUT2D eigenvalue weighted by atomic mass is 35.5. The molecule has 3 aromatic rings. The van der Waals surface area contributed by atoms with Crippen LogP contribution in [0.2, 0.25) is 5.02 Å². The molecule has 0 aliphatic rings. The van der Waals surface area contributed by atoms with Crippen LogP contribution in [0, 0.1) is 0 Å². The minimum Gasteiger partial charge on any atom is -0.332 e. The maximum atomic E-state index is 12.7. The Bertz CT molecular complexity index is 1240. The van der Waals surface area contributed by atoms with Crippen LogP contribution < -0.4 is 10.0 Å². The van der Waals surface area contributed by atoms with E-state index < -0.39 is 15.9 Å². The van der Waals surface area contributed by atoms with Crippen molar-refractivity contribution in [3.8, 4) is 0 Å². The molecule has 0 saturated carbocycles. The first-order valence-electron chi connectivity index (χ1n) is 10.2. The van der Waals surface area contributed by atoms with Gasteiger partial charge in [0.1, 0.15) is 0 Å². The maximum absolute atomic E-state index is 12.7. The maximum Gasteiger partial charge on any atom is 0.261 e. The largest absolute Gasteiger partial charge is 0.332 e. The number of carbonyl (C=O) groups excluding carboxylic acids is 2. The summed E-state index contributed by atoms with van der Waals surface area (Å²) < 4.78 is 27.6. The summed E-state index contributed by atoms with van der Waals surface area (Å²) in [5.74, 6) is -0.721. The minimum absolute atomic E-state index is 0.00516. The number of hydrogen-bond donors (Lipinski definition) is 2. The van der Waals surface area contributed by atoms with E-state index in [0.717, 1.165) is 12.0 Å². The van der Waals surface area contributed by atoms with E-state index in [0.29, 0.717) is 16.4 Å². The van der Waals surface area contributed by atoms with Crippen molar-refractivity contribution in [1.29, 1.82) is 0 Å². The van der Waals surface area contributed by atoms with E-state index in [9.17, 15) is 18.0 Å². The van der Waals surface area contributed by atoms with Gasteiger partial charge in [0.2, 0.25) is 5.91 Å². The van der Waals surface area contributed by atoms with Crippen molar-refractivity contribution < 1.29 is 18.0 Å². The van der Waals surface area contributed by atoms with Crippen molar-refractivity contribution in [2.75, 3.05) is 23.6 Å². The summed E-state index contributed by atoms with van der Waals surface area (Å²) in [7, 11) is -2.32. The van der Waals surface area contributed by atoms with Crippen molar-refractivity contribution in [1.82, 2.24) is 4.90 Å². The average Bonchev–Trinajstić information content (AvgIpc) is 2.80. The Labute approximate surface area is 198 Å². The van der Waals surface area contributed by atoms with Gasteiger partial charge in [0, 0.05) is 29.0 Å². The predicted octanol–water partition coefficient (Wildman–Crippen LogP) is 4.41.